The van der Waals surface area contributed by atoms with Crippen LogP contribution < -0.4 is 5.63 Å². The summed E-state index contributed by atoms with van der Waals surface area (Å²) in [5, 5.41) is 10.5. The number of aryl methyl sites for hydroxylation is 1. The van der Waals surface area contributed by atoms with Gasteiger partial charge in [0.25, 0.3) is 0 Å². The second-order valence-electron chi connectivity index (χ2n) is 11.0. The van der Waals surface area contributed by atoms with E-state index >= 15 is 0 Å². The Labute approximate surface area is 187 Å². The van der Waals surface area contributed by atoms with Crippen LogP contribution in [0.5, 0.6) is 5.75 Å². The molecule has 31 heavy (non-hydrogen) atoms. The van der Waals surface area contributed by atoms with Gasteiger partial charge in [0.15, 0.2) is 0 Å². The fourth-order valence-electron chi connectivity index (χ4n) is 6.12. The zero-order valence-corrected chi connectivity index (χ0v) is 20.3. The number of carbonyl (C=O) groups is 1. The molecule has 3 rings (SSSR count). The maximum atomic E-state index is 12.8. The number of allylic oxidation sites excluding steroid dienone is 2. The molecule has 0 bridgehead atoms. The first kappa shape index (κ1) is 23.8. The molecule has 172 valence electrons. The van der Waals surface area contributed by atoms with E-state index in [9.17, 15) is 14.7 Å². The lowest BCUT2D eigenvalue weighted by Gasteiger charge is -2.55. The van der Waals surface area contributed by atoms with E-state index in [1.165, 1.54) is 5.57 Å². The maximum Gasteiger partial charge on any atom is 0.342 e. The van der Waals surface area contributed by atoms with Crippen molar-refractivity contribution in [3.8, 4) is 5.75 Å². The molecule has 0 aliphatic heterocycles. The van der Waals surface area contributed by atoms with Crippen molar-refractivity contribution in [2.75, 3.05) is 0 Å². The lowest BCUT2D eigenvalue weighted by atomic mass is 9.49. The van der Waals surface area contributed by atoms with Crippen molar-refractivity contribution in [2.45, 2.75) is 99.3 Å². The Morgan fingerprint density at radius 3 is 2.58 bits per heavy atom. The molecule has 0 spiro atoms. The van der Waals surface area contributed by atoms with Crippen molar-refractivity contribution >= 4 is 5.78 Å². The van der Waals surface area contributed by atoms with Gasteiger partial charge >= 0.3 is 5.63 Å². The molecular formula is C27H40O4. The van der Waals surface area contributed by atoms with Crippen molar-refractivity contribution in [3.05, 3.63) is 39.0 Å². The third-order valence-electron chi connectivity index (χ3n) is 8.51. The molecule has 4 heteroatoms. The van der Waals surface area contributed by atoms with Gasteiger partial charge in [0, 0.05) is 17.9 Å². The lowest BCUT2D eigenvalue weighted by molar-refractivity contribution is -0.139. The summed E-state index contributed by atoms with van der Waals surface area (Å²) in [5.74, 6) is 1.76. The molecule has 0 unspecified atom stereocenters. The fraction of sp³-hybridized carbons (Fsp3) is 0.704. The largest absolute Gasteiger partial charge is 0.507 e. The van der Waals surface area contributed by atoms with Crippen molar-refractivity contribution in [1.29, 1.82) is 0 Å². The van der Waals surface area contributed by atoms with Gasteiger partial charge in [0.05, 0.1) is 5.56 Å². The number of fused-ring (bicyclic) bond motifs is 1. The number of hydrogen-bond acceptors (Lipinski definition) is 4. The summed E-state index contributed by atoms with van der Waals surface area (Å²) in [4.78, 5) is 25.2. The molecule has 0 amide bonds. The number of carbonyl (C=O) groups excluding carboxylic acids is 1. The zero-order chi connectivity index (χ0) is 23.0. The second-order valence-corrected chi connectivity index (χ2v) is 11.0. The van der Waals surface area contributed by atoms with Crippen LogP contribution in [0, 0.1) is 36.5 Å². The van der Waals surface area contributed by atoms with E-state index in [1.54, 1.807) is 13.8 Å². The smallest absolute Gasteiger partial charge is 0.342 e. The van der Waals surface area contributed by atoms with Gasteiger partial charge in [-0.15, -0.1) is 0 Å². The van der Waals surface area contributed by atoms with Gasteiger partial charge < -0.3 is 9.52 Å². The first-order chi connectivity index (χ1) is 14.5. The molecule has 2 fully saturated rings. The summed E-state index contributed by atoms with van der Waals surface area (Å²) in [7, 11) is 0. The number of ketones is 1. The van der Waals surface area contributed by atoms with E-state index in [1.807, 2.05) is 0 Å². The number of hydrogen-bond donors (Lipinski definition) is 1. The minimum atomic E-state index is -0.410. The van der Waals surface area contributed by atoms with Crippen LogP contribution >= 0.6 is 0 Å². The van der Waals surface area contributed by atoms with Gasteiger partial charge in [-0.05, 0) is 95.8 Å². The normalized spacial score (nSPS) is 30.7. The number of aromatic hydroxyl groups is 1. The summed E-state index contributed by atoms with van der Waals surface area (Å²) in [6.07, 6.45) is 10.5. The highest BCUT2D eigenvalue weighted by Gasteiger charge is 2.52. The molecule has 4 atom stereocenters. The SMILES string of the molecule is CC(C)=CCC[C@H]1C(=O)CC[C@H]2C[C@@](C)(CCc3c(O)c(C)c(C)oc3=O)CC[C@@]21C. The van der Waals surface area contributed by atoms with Crippen LogP contribution in [0.1, 0.15) is 95.9 Å². The summed E-state index contributed by atoms with van der Waals surface area (Å²) < 4.78 is 5.32. The summed E-state index contributed by atoms with van der Waals surface area (Å²) in [6, 6.07) is 0. The minimum absolute atomic E-state index is 0.0892. The Hall–Kier alpha value is -1.84. The topological polar surface area (TPSA) is 67.5 Å². The zero-order valence-electron chi connectivity index (χ0n) is 20.3. The molecule has 0 aromatic carbocycles. The van der Waals surface area contributed by atoms with Crippen LogP contribution in [0.3, 0.4) is 0 Å². The van der Waals surface area contributed by atoms with E-state index in [4.69, 9.17) is 4.42 Å². The summed E-state index contributed by atoms with van der Waals surface area (Å²) in [6.45, 7) is 12.4. The highest BCUT2D eigenvalue weighted by molar-refractivity contribution is 5.82. The standard InChI is InChI=1S/C27H40O4/c1-17(2)8-7-9-22-23(28)11-10-20-16-26(5,14-15-27(20,22)6)13-12-21-24(29)18(3)19(4)31-25(21)30/h8,20,22,29H,7,9-16H2,1-6H3/t20-,22-,26-,27-/m0/s1. The number of rotatable bonds is 6. The molecule has 1 aromatic rings. The minimum Gasteiger partial charge on any atom is -0.507 e. The number of Topliss-reactive ketones (excluding diaryl/α,β-unsaturated/α-hetero) is 1. The fourth-order valence-corrected chi connectivity index (χ4v) is 6.12. The Balaban J connectivity index is 1.72. The van der Waals surface area contributed by atoms with Gasteiger partial charge in [-0.2, -0.15) is 0 Å². The van der Waals surface area contributed by atoms with Crippen LogP contribution in [0.25, 0.3) is 0 Å². The van der Waals surface area contributed by atoms with Gasteiger partial charge in [-0.1, -0.05) is 25.5 Å². The second kappa shape index (κ2) is 8.96. The van der Waals surface area contributed by atoms with E-state index in [0.717, 1.165) is 44.9 Å². The van der Waals surface area contributed by atoms with Gasteiger partial charge in [-0.25, -0.2) is 4.79 Å². The highest BCUT2D eigenvalue weighted by atomic mass is 16.4. The monoisotopic (exact) mass is 428 g/mol. The van der Waals surface area contributed by atoms with E-state index in [0.29, 0.717) is 41.4 Å². The van der Waals surface area contributed by atoms with E-state index < -0.39 is 5.63 Å². The first-order valence-electron chi connectivity index (χ1n) is 11.9. The Bertz CT molecular complexity index is 920. The third kappa shape index (κ3) is 4.83. The Morgan fingerprint density at radius 2 is 1.90 bits per heavy atom. The molecule has 1 heterocycles. The van der Waals surface area contributed by atoms with Gasteiger partial charge in [0.2, 0.25) is 0 Å². The first-order valence-corrected chi connectivity index (χ1v) is 11.9. The van der Waals surface area contributed by atoms with Crippen LogP contribution in [0.15, 0.2) is 20.9 Å². The molecule has 0 radical (unpaired) electrons. The molecule has 4 nitrogen and oxygen atoms in total. The Kier molecular flexibility index (Phi) is 6.88. The molecule has 2 aliphatic rings. The van der Waals surface area contributed by atoms with Crippen molar-refractivity contribution in [2.24, 2.45) is 22.7 Å². The molecule has 2 aliphatic carbocycles. The van der Waals surface area contributed by atoms with Crippen molar-refractivity contribution < 1.29 is 14.3 Å². The van der Waals surface area contributed by atoms with Crippen LogP contribution in [0.4, 0.5) is 0 Å². The van der Waals surface area contributed by atoms with E-state index in [2.05, 4.69) is 33.8 Å². The quantitative estimate of drug-likeness (QED) is 0.530. The van der Waals surface area contributed by atoms with Crippen molar-refractivity contribution in [1.82, 2.24) is 0 Å². The van der Waals surface area contributed by atoms with Crippen LogP contribution in [-0.2, 0) is 11.2 Å². The van der Waals surface area contributed by atoms with Gasteiger partial charge in [0.1, 0.15) is 17.3 Å². The molecule has 1 aromatic heterocycles. The van der Waals surface area contributed by atoms with Gasteiger partial charge in [-0.3, -0.25) is 4.79 Å². The van der Waals surface area contributed by atoms with Crippen LogP contribution in [0.2, 0.25) is 0 Å². The third-order valence-corrected chi connectivity index (χ3v) is 8.51. The molecular weight excluding hydrogens is 388 g/mol. The average molecular weight is 429 g/mol. The molecule has 2 saturated carbocycles. The lowest BCUT2D eigenvalue weighted by Crippen LogP contribution is -2.49. The highest BCUT2D eigenvalue weighted by Crippen LogP contribution is 2.58. The van der Waals surface area contributed by atoms with Crippen LogP contribution in [-0.4, -0.2) is 10.9 Å². The predicted octanol–water partition coefficient (Wildman–Crippen LogP) is 6.43. The molecule has 0 saturated heterocycles. The molecule has 1 N–H and O–H groups in total. The van der Waals surface area contributed by atoms with E-state index in [-0.39, 0.29) is 22.5 Å². The summed E-state index contributed by atoms with van der Waals surface area (Å²) in [5.41, 5.74) is 2.18. The Morgan fingerprint density at radius 1 is 1.19 bits per heavy atom. The van der Waals surface area contributed by atoms with Crippen molar-refractivity contribution in [3.63, 3.8) is 0 Å². The predicted molar refractivity (Wildman–Crippen MR) is 124 cm³/mol. The average Bonchev–Trinajstić information content (AvgIpc) is 2.69. The summed E-state index contributed by atoms with van der Waals surface area (Å²) >= 11 is 0. The maximum absolute atomic E-state index is 12.8.